The Kier molecular flexibility index (Phi) is 2.86. The summed E-state index contributed by atoms with van der Waals surface area (Å²) in [6, 6.07) is 5.60. The first-order valence-electron chi connectivity index (χ1n) is 5.05. The lowest BCUT2D eigenvalue weighted by molar-refractivity contribution is -0.385. The fourth-order valence-corrected chi connectivity index (χ4v) is 1.76. The number of nitrogens with zero attached hydrogens (tertiary/aromatic N) is 1. The van der Waals surface area contributed by atoms with Crippen molar-refractivity contribution in [3.8, 4) is 0 Å². The van der Waals surface area contributed by atoms with Gasteiger partial charge < -0.3 is 4.74 Å². The molecule has 0 amide bonds. The molecule has 0 spiro atoms. The maximum absolute atomic E-state index is 12.0. The van der Waals surface area contributed by atoms with E-state index in [2.05, 4.69) is 4.74 Å². The molecule has 0 radical (unpaired) electrons. The van der Waals surface area contributed by atoms with Crippen molar-refractivity contribution in [3.05, 3.63) is 39.9 Å². The van der Waals surface area contributed by atoms with E-state index in [0.717, 1.165) is 0 Å². The molecule has 0 aromatic heterocycles. The Labute approximate surface area is 96.3 Å². The van der Waals surface area contributed by atoms with Crippen molar-refractivity contribution in [1.29, 1.82) is 0 Å². The van der Waals surface area contributed by atoms with Gasteiger partial charge in [-0.25, -0.2) is 0 Å². The van der Waals surface area contributed by atoms with E-state index in [1.807, 2.05) is 0 Å². The number of hydrogen-bond acceptors (Lipinski definition) is 5. The minimum atomic E-state index is -0.906. The number of carbonyl (C=O) groups excluding carboxylic acids is 2. The molecule has 0 N–H and O–H groups in total. The number of rotatable bonds is 3. The summed E-state index contributed by atoms with van der Waals surface area (Å²) >= 11 is 0. The Hall–Kier alpha value is -2.24. The topological polar surface area (TPSA) is 86.5 Å². The third-order valence-corrected chi connectivity index (χ3v) is 2.62. The van der Waals surface area contributed by atoms with Crippen molar-refractivity contribution in [2.45, 2.75) is 6.42 Å². The molecule has 1 saturated heterocycles. The van der Waals surface area contributed by atoms with E-state index in [-0.39, 0.29) is 24.3 Å². The van der Waals surface area contributed by atoms with Gasteiger partial charge in [-0.15, -0.1) is 0 Å². The summed E-state index contributed by atoms with van der Waals surface area (Å²) in [5.74, 6) is -2.05. The molecular formula is C11H9NO5. The van der Waals surface area contributed by atoms with Crippen molar-refractivity contribution in [1.82, 2.24) is 0 Å². The van der Waals surface area contributed by atoms with Crippen LogP contribution in [0.3, 0.4) is 0 Å². The number of benzene rings is 1. The molecule has 0 saturated carbocycles. The van der Waals surface area contributed by atoms with Crippen LogP contribution >= 0.6 is 0 Å². The SMILES string of the molecule is O=C1OCCC1C(=O)c1ccccc1[N+](=O)[O-]. The Morgan fingerprint density at radius 1 is 1.41 bits per heavy atom. The zero-order valence-corrected chi connectivity index (χ0v) is 8.79. The van der Waals surface area contributed by atoms with Gasteiger partial charge in [-0.2, -0.15) is 0 Å². The molecule has 1 aliphatic rings. The first-order valence-corrected chi connectivity index (χ1v) is 5.05. The van der Waals surface area contributed by atoms with Gasteiger partial charge >= 0.3 is 5.97 Å². The first kappa shape index (κ1) is 11.3. The van der Waals surface area contributed by atoms with Crippen LogP contribution in [0.15, 0.2) is 24.3 Å². The Bertz CT molecular complexity index is 496. The lowest BCUT2D eigenvalue weighted by atomic mass is 9.95. The van der Waals surface area contributed by atoms with Gasteiger partial charge in [0.05, 0.1) is 17.1 Å². The molecular weight excluding hydrogens is 226 g/mol. The highest BCUT2D eigenvalue weighted by Gasteiger charge is 2.36. The number of ketones is 1. The predicted molar refractivity (Wildman–Crippen MR) is 56.5 cm³/mol. The zero-order chi connectivity index (χ0) is 12.4. The van der Waals surface area contributed by atoms with Crippen LogP contribution in [0.4, 0.5) is 5.69 Å². The second-order valence-corrected chi connectivity index (χ2v) is 3.65. The summed E-state index contributed by atoms with van der Waals surface area (Å²) in [6.07, 6.45) is 0.281. The van der Waals surface area contributed by atoms with Crippen LogP contribution in [-0.2, 0) is 9.53 Å². The van der Waals surface area contributed by atoms with E-state index in [1.54, 1.807) is 0 Å². The fraction of sp³-hybridized carbons (Fsp3) is 0.273. The van der Waals surface area contributed by atoms with Crippen LogP contribution in [0, 0.1) is 16.0 Å². The largest absolute Gasteiger partial charge is 0.465 e. The molecule has 1 heterocycles. The lowest BCUT2D eigenvalue weighted by Gasteiger charge is -2.05. The monoisotopic (exact) mass is 235 g/mol. The quantitative estimate of drug-likeness (QED) is 0.259. The fourth-order valence-electron chi connectivity index (χ4n) is 1.76. The normalized spacial score (nSPS) is 18.8. The highest BCUT2D eigenvalue weighted by molar-refractivity contribution is 6.11. The second-order valence-electron chi connectivity index (χ2n) is 3.65. The van der Waals surface area contributed by atoms with Crippen LogP contribution in [0.1, 0.15) is 16.8 Å². The molecule has 1 aromatic carbocycles. The van der Waals surface area contributed by atoms with Crippen LogP contribution in [0.2, 0.25) is 0 Å². The number of ether oxygens (including phenoxy) is 1. The number of nitro groups is 1. The van der Waals surface area contributed by atoms with Gasteiger partial charge in [0.1, 0.15) is 5.92 Å². The van der Waals surface area contributed by atoms with E-state index in [1.165, 1.54) is 24.3 Å². The number of cyclic esters (lactones) is 1. The van der Waals surface area contributed by atoms with Gasteiger partial charge in [-0.3, -0.25) is 19.7 Å². The Morgan fingerprint density at radius 2 is 2.12 bits per heavy atom. The first-order chi connectivity index (χ1) is 8.11. The minimum Gasteiger partial charge on any atom is -0.465 e. The molecule has 0 aliphatic carbocycles. The van der Waals surface area contributed by atoms with Crippen molar-refractivity contribution >= 4 is 17.4 Å². The summed E-state index contributed by atoms with van der Waals surface area (Å²) < 4.78 is 4.68. The van der Waals surface area contributed by atoms with Gasteiger partial charge in [0.25, 0.3) is 5.69 Å². The molecule has 6 heteroatoms. The third-order valence-electron chi connectivity index (χ3n) is 2.62. The number of carbonyl (C=O) groups is 2. The molecule has 0 bridgehead atoms. The number of para-hydroxylation sites is 1. The zero-order valence-electron chi connectivity index (χ0n) is 8.79. The van der Waals surface area contributed by atoms with Crippen molar-refractivity contribution < 1.29 is 19.2 Å². The van der Waals surface area contributed by atoms with Crippen LogP contribution in [0.25, 0.3) is 0 Å². The Morgan fingerprint density at radius 3 is 2.71 bits per heavy atom. The molecule has 1 fully saturated rings. The van der Waals surface area contributed by atoms with Gasteiger partial charge in [0.15, 0.2) is 5.78 Å². The van der Waals surface area contributed by atoms with E-state index in [4.69, 9.17) is 0 Å². The number of Topliss-reactive ketones (excluding diaryl/α,β-unsaturated/α-hetero) is 1. The van der Waals surface area contributed by atoms with Gasteiger partial charge in [0.2, 0.25) is 0 Å². The summed E-state index contributed by atoms with van der Waals surface area (Å²) in [7, 11) is 0. The average Bonchev–Trinajstić information content (AvgIpc) is 2.74. The van der Waals surface area contributed by atoms with E-state index < -0.39 is 22.6 Å². The molecule has 6 nitrogen and oxygen atoms in total. The standard InChI is InChI=1S/C11H9NO5/c13-10(8-5-6-17-11(8)14)7-3-1-2-4-9(7)12(15)16/h1-4,8H,5-6H2. The maximum Gasteiger partial charge on any atom is 0.316 e. The average molecular weight is 235 g/mol. The van der Waals surface area contributed by atoms with E-state index in [9.17, 15) is 19.7 Å². The second kappa shape index (κ2) is 4.32. The van der Waals surface area contributed by atoms with Crippen molar-refractivity contribution in [3.63, 3.8) is 0 Å². The highest BCUT2D eigenvalue weighted by Crippen LogP contribution is 2.25. The molecule has 88 valence electrons. The molecule has 17 heavy (non-hydrogen) atoms. The van der Waals surface area contributed by atoms with E-state index >= 15 is 0 Å². The van der Waals surface area contributed by atoms with Gasteiger partial charge in [-0.05, 0) is 6.07 Å². The summed E-state index contributed by atoms with van der Waals surface area (Å²) in [5, 5.41) is 10.8. The van der Waals surface area contributed by atoms with E-state index in [0.29, 0.717) is 0 Å². The minimum absolute atomic E-state index is 0.0404. The van der Waals surface area contributed by atoms with Crippen LogP contribution in [0.5, 0.6) is 0 Å². The lowest BCUT2D eigenvalue weighted by Crippen LogP contribution is -2.20. The number of hydrogen-bond donors (Lipinski definition) is 0. The van der Waals surface area contributed by atoms with Crippen LogP contribution in [-0.4, -0.2) is 23.3 Å². The molecule has 1 aliphatic heterocycles. The van der Waals surface area contributed by atoms with Crippen LogP contribution < -0.4 is 0 Å². The predicted octanol–water partition coefficient (Wildman–Crippen LogP) is 1.34. The number of esters is 1. The van der Waals surface area contributed by atoms with Gasteiger partial charge in [-0.1, -0.05) is 12.1 Å². The summed E-state index contributed by atoms with van der Waals surface area (Å²) in [6.45, 7) is 0.190. The van der Waals surface area contributed by atoms with Gasteiger partial charge in [0, 0.05) is 12.5 Å². The Balaban J connectivity index is 2.37. The molecule has 1 unspecified atom stereocenters. The molecule has 1 atom stereocenters. The van der Waals surface area contributed by atoms with Crippen molar-refractivity contribution in [2.24, 2.45) is 5.92 Å². The molecule has 2 rings (SSSR count). The molecule has 1 aromatic rings. The highest BCUT2D eigenvalue weighted by atomic mass is 16.6. The van der Waals surface area contributed by atoms with Crippen molar-refractivity contribution in [2.75, 3.05) is 6.61 Å². The summed E-state index contributed by atoms with van der Waals surface area (Å²) in [5.41, 5.74) is -0.321. The smallest absolute Gasteiger partial charge is 0.316 e. The summed E-state index contributed by atoms with van der Waals surface area (Å²) in [4.78, 5) is 33.4. The third kappa shape index (κ3) is 2.01. The maximum atomic E-state index is 12.0. The number of nitro benzene ring substituents is 1.